The predicted octanol–water partition coefficient (Wildman–Crippen LogP) is 4.34. The highest BCUT2D eigenvalue weighted by Crippen LogP contribution is 2.34. The molecule has 9 heteroatoms. The van der Waals surface area contributed by atoms with E-state index in [1.165, 1.54) is 12.5 Å². The van der Waals surface area contributed by atoms with Gasteiger partial charge in [-0.2, -0.15) is 5.26 Å². The Labute approximate surface area is 157 Å². The van der Waals surface area contributed by atoms with E-state index in [-0.39, 0.29) is 0 Å². The molecule has 3 heterocycles. The van der Waals surface area contributed by atoms with Crippen molar-refractivity contribution < 1.29 is 0 Å². The van der Waals surface area contributed by atoms with E-state index in [1.54, 1.807) is 30.3 Å². The van der Waals surface area contributed by atoms with Gasteiger partial charge >= 0.3 is 0 Å². The Balaban J connectivity index is 1.77. The molecule has 0 fully saturated rings. The van der Waals surface area contributed by atoms with Crippen molar-refractivity contribution in [3.05, 3.63) is 58.5 Å². The number of hydrogen-bond acceptors (Lipinski definition) is 6. The molecular formula is C17H9Cl2N7. The molecule has 0 saturated heterocycles. The standard InChI is InChI=1S/C17H9Cl2N7/c18-10-2-1-3-11(19)13(10)15-25-14-16(22-8-23-17(14)26-15)24-12-5-4-9(6-20)7-21-12/h1-5,7-8H,(H2,21,22,23,24,25,26). The van der Waals surface area contributed by atoms with Crippen molar-refractivity contribution in [2.45, 2.75) is 0 Å². The Morgan fingerprint density at radius 2 is 1.85 bits per heavy atom. The van der Waals surface area contributed by atoms with Crippen LogP contribution < -0.4 is 5.32 Å². The van der Waals surface area contributed by atoms with Gasteiger partial charge in [0.15, 0.2) is 11.5 Å². The number of nitriles is 1. The molecule has 4 rings (SSSR count). The number of benzene rings is 1. The Kier molecular flexibility index (Phi) is 4.13. The second kappa shape index (κ2) is 6.59. The summed E-state index contributed by atoms with van der Waals surface area (Å²) in [7, 11) is 0. The Hall–Kier alpha value is -3.21. The van der Waals surface area contributed by atoms with Crippen LogP contribution in [0.15, 0.2) is 42.9 Å². The number of hydrogen-bond donors (Lipinski definition) is 2. The average molecular weight is 382 g/mol. The first kappa shape index (κ1) is 16.3. The molecule has 0 bridgehead atoms. The molecule has 26 heavy (non-hydrogen) atoms. The third-order valence-electron chi connectivity index (χ3n) is 3.63. The maximum Gasteiger partial charge on any atom is 0.183 e. The van der Waals surface area contributed by atoms with Gasteiger partial charge in [-0.05, 0) is 24.3 Å². The molecule has 126 valence electrons. The summed E-state index contributed by atoms with van der Waals surface area (Å²) >= 11 is 12.5. The fourth-order valence-electron chi connectivity index (χ4n) is 2.42. The molecule has 4 aromatic rings. The molecule has 0 saturated carbocycles. The number of fused-ring (bicyclic) bond motifs is 1. The molecule has 0 aliphatic carbocycles. The smallest absolute Gasteiger partial charge is 0.183 e. The van der Waals surface area contributed by atoms with Gasteiger partial charge in [0.1, 0.15) is 29.6 Å². The minimum Gasteiger partial charge on any atom is -0.333 e. The van der Waals surface area contributed by atoms with Gasteiger partial charge in [-0.3, -0.25) is 0 Å². The SMILES string of the molecule is N#Cc1ccc(Nc2ncnc3nc(-c4c(Cl)cccc4Cl)[nH]c23)nc1. The summed E-state index contributed by atoms with van der Waals surface area (Å²) in [4.78, 5) is 20.2. The van der Waals surface area contributed by atoms with Crippen molar-refractivity contribution in [3.63, 3.8) is 0 Å². The summed E-state index contributed by atoms with van der Waals surface area (Å²) in [5, 5.41) is 12.9. The van der Waals surface area contributed by atoms with Crippen LogP contribution in [0.2, 0.25) is 10.0 Å². The van der Waals surface area contributed by atoms with Crippen LogP contribution in [0.4, 0.5) is 11.6 Å². The van der Waals surface area contributed by atoms with E-state index >= 15 is 0 Å². The molecule has 1 aromatic carbocycles. The Morgan fingerprint density at radius 1 is 1.04 bits per heavy atom. The largest absolute Gasteiger partial charge is 0.333 e. The summed E-state index contributed by atoms with van der Waals surface area (Å²) in [6, 6.07) is 10.6. The van der Waals surface area contributed by atoms with Gasteiger partial charge in [0.2, 0.25) is 0 Å². The predicted molar refractivity (Wildman–Crippen MR) is 99.4 cm³/mol. The number of nitrogens with one attached hydrogen (secondary N) is 2. The van der Waals surface area contributed by atoms with Crippen molar-refractivity contribution in [2.75, 3.05) is 5.32 Å². The lowest BCUT2D eigenvalue weighted by Crippen LogP contribution is -1.97. The van der Waals surface area contributed by atoms with Crippen LogP contribution in [-0.4, -0.2) is 24.9 Å². The van der Waals surface area contributed by atoms with Gasteiger partial charge in [0.25, 0.3) is 0 Å². The topological polar surface area (TPSA) is 103 Å². The van der Waals surface area contributed by atoms with Crippen molar-refractivity contribution in [1.82, 2.24) is 24.9 Å². The number of H-pyrrole nitrogens is 1. The first-order valence-electron chi connectivity index (χ1n) is 7.44. The molecule has 0 aliphatic rings. The number of nitrogens with zero attached hydrogens (tertiary/aromatic N) is 5. The molecular weight excluding hydrogens is 373 g/mol. The van der Waals surface area contributed by atoms with Crippen molar-refractivity contribution >= 4 is 46.0 Å². The summed E-state index contributed by atoms with van der Waals surface area (Å²) in [5.41, 5.74) is 2.11. The van der Waals surface area contributed by atoms with Crippen LogP contribution in [0.1, 0.15) is 5.56 Å². The van der Waals surface area contributed by atoms with Gasteiger partial charge in [-0.25, -0.2) is 19.9 Å². The molecule has 0 atom stereocenters. The van der Waals surface area contributed by atoms with Gasteiger partial charge in [-0.15, -0.1) is 0 Å². The number of halogens is 2. The quantitative estimate of drug-likeness (QED) is 0.547. The number of rotatable bonds is 3. The maximum atomic E-state index is 8.85. The zero-order chi connectivity index (χ0) is 18.1. The summed E-state index contributed by atoms with van der Waals surface area (Å²) in [6.07, 6.45) is 2.87. The lowest BCUT2D eigenvalue weighted by molar-refractivity contribution is 1.18. The minimum atomic E-state index is 0.460. The van der Waals surface area contributed by atoms with Crippen molar-refractivity contribution in [2.24, 2.45) is 0 Å². The van der Waals surface area contributed by atoms with E-state index in [2.05, 4.69) is 30.2 Å². The fraction of sp³-hybridized carbons (Fsp3) is 0. The van der Waals surface area contributed by atoms with E-state index in [1.807, 2.05) is 6.07 Å². The minimum absolute atomic E-state index is 0.460. The molecule has 0 aliphatic heterocycles. The molecule has 2 N–H and O–H groups in total. The maximum absolute atomic E-state index is 8.85. The second-order valence-corrected chi connectivity index (χ2v) is 6.09. The van der Waals surface area contributed by atoms with Crippen LogP contribution in [0.25, 0.3) is 22.6 Å². The van der Waals surface area contributed by atoms with E-state index in [0.717, 1.165) is 0 Å². The highest BCUT2D eigenvalue weighted by molar-refractivity contribution is 6.39. The van der Waals surface area contributed by atoms with Crippen LogP contribution in [0.3, 0.4) is 0 Å². The van der Waals surface area contributed by atoms with Crippen LogP contribution in [0, 0.1) is 11.3 Å². The average Bonchev–Trinajstić information content (AvgIpc) is 3.07. The number of imidazole rings is 1. The van der Waals surface area contributed by atoms with E-state index < -0.39 is 0 Å². The molecule has 0 unspecified atom stereocenters. The van der Waals surface area contributed by atoms with Gasteiger partial charge in [-0.1, -0.05) is 29.3 Å². The first-order chi connectivity index (χ1) is 12.7. The van der Waals surface area contributed by atoms with E-state index in [0.29, 0.717) is 49.8 Å². The summed E-state index contributed by atoms with van der Waals surface area (Å²) in [5.74, 6) is 1.52. The number of aromatic amines is 1. The van der Waals surface area contributed by atoms with Crippen molar-refractivity contribution in [3.8, 4) is 17.5 Å². The highest BCUT2D eigenvalue weighted by Gasteiger charge is 2.16. The normalized spacial score (nSPS) is 10.7. The van der Waals surface area contributed by atoms with Crippen molar-refractivity contribution in [1.29, 1.82) is 5.26 Å². The zero-order valence-corrected chi connectivity index (χ0v) is 14.5. The fourth-order valence-corrected chi connectivity index (χ4v) is 3.00. The highest BCUT2D eigenvalue weighted by atomic mass is 35.5. The number of anilines is 2. The van der Waals surface area contributed by atoms with Gasteiger partial charge in [0.05, 0.1) is 21.2 Å². The first-order valence-corrected chi connectivity index (χ1v) is 8.19. The second-order valence-electron chi connectivity index (χ2n) is 5.27. The molecule has 0 amide bonds. The molecule has 3 aromatic heterocycles. The molecule has 7 nitrogen and oxygen atoms in total. The monoisotopic (exact) mass is 381 g/mol. The lowest BCUT2D eigenvalue weighted by Gasteiger charge is -2.05. The third kappa shape index (κ3) is 2.92. The van der Waals surface area contributed by atoms with Gasteiger partial charge < -0.3 is 10.3 Å². The summed E-state index contributed by atoms with van der Waals surface area (Å²) < 4.78 is 0. The number of aromatic nitrogens is 5. The lowest BCUT2D eigenvalue weighted by atomic mass is 10.2. The number of pyridine rings is 1. The Morgan fingerprint density at radius 3 is 2.54 bits per heavy atom. The zero-order valence-electron chi connectivity index (χ0n) is 13.0. The molecule has 0 spiro atoms. The van der Waals surface area contributed by atoms with E-state index in [9.17, 15) is 0 Å². The van der Waals surface area contributed by atoms with E-state index in [4.69, 9.17) is 28.5 Å². The van der Waals surface area contributed by atoms with Gasteiger partial charge in [0, 0.05) is 6.20 Å². The summed E-state index contributed by atoms with van der Waals surface area (Å²) in [6.45, 7) is 0. The van der Waals surface area contributed by atoms with Crippen LogP contribution in [-0.2, 0) is 0 Å². The Bertz CT molecular complexity index is 1130. The molecule has 0 radical (unpaired) electrons. The third-order valence-corrected chi connectivity index (χ3v) is 4.26. The van der Waals surface area contributed by atoms with Crippen LogP contribution in [0.5, 0.6) is 0 Å². The van der Waals surface area contributed by atoms with Crippen LogP contribution >= 0.6 is 23.2 Å².